The fraction of sp³-hybridized carbons (Fsp3) is 0.647. The summed E-state index contributed by atoms with van der Waals surface area (Å²) >= 11 is 0. The third kappa shape index (κ3) is 3.28. The zero-order valence-corrected chi connectivity index (χ0v) is 14.2. The average molecular weight is 293 g/mol. The lowest BCUT2D eigenvalue weighted by atomic mass is 9.77. The van der Waals surface area contributed by atoms with Crippen molar-refractivity contribution in [3.8, 4) is 0 Å². The molecule has 1 aromatic carbocycles. The lowest BCUT2D eigenvalue weighted by Gasteiger charge is -2.41. The molecule has 0 bridgehead atoms. The summed E-state index contributed by atoms with van der Waals surface area (Å²) in [7, 11) is -2.22. The first-order valence-electron chi connectivity index (χ1n) is 7.78. The molecule has 112 valence electrons. The van der Waals surface area contributed by atoms with Crippen LogP contribution in [0.2, 0.25) is 0 Å². The molecule has 3 heteroatoms. The van der Waals surface area contributed by atoms with Crippen LogP contribution in [0.5, 0.6) is 0 Å². The van der Waals surface area contributed by atoms with Gasteiger partial charge >= 0.3 is 0 Å². The van der Waals surface area contributed by atoms with E-state index in [4.69, 9.17) is 0 Å². The molecule has 0 aromatic heterocycles. The maximum atomic E-state index is 13.4. The second-order valence-corrected chi connectivity index (χ2v) is 10.1. The molecule has 2 rings (SSSR count). The van der Waals surface area contributed by atoms with E-state index in [1.165, 1.54) is 0 Å². The lowest BCUT2D eigenvalue weighted by molar-refractivity contribution is 0.221. The van der Waals surface area contributed by atoms with Gasteiger partial charge in [-0.1, -0.05) is 39.0 Å². The molecular formula is C17H28NOP. The molecule has 0 spiro atoms. The van der Waals surface area contributed by atoms with Crippen LogP contribution in [0, 0.1) is 11.3 Å². The second kappa shape index (κ2) is 5.93. The van der Waals surface area contributed by atoms with Crippen molar-refractivity contribution in [3.63, 3.8) is 0 Å². The van der Waals surface area contributed by atoms with Gasteiger partial charge in [-0.2, -0.15) is 0 Å². The van der Waals surface area contributed by atoms with Crippen molar-refractivity contribution in [1.29, 1.82) is 0 Å². The van der Waals surface area contributed by atoms with Gasteiger partial charge in [0.15, 0.2) is 7.29 Å². The molecule has 2 nitrogen and oxygen atoms in total. The van der Waals surface area contributed by atoms with Gasteiger partial charge in [0.2, 0.25) is 0 Å². The van der Waals surface area contributed by atoms with Gasteiger partial charge in [-0.05, 0) is 43.2 Å². The molecule has 0 unspecified atom stereocenters. The van der Waals surface area contributed by atoms with E-state index in [0.717, 1.165) is 37.4 Å². The third-order valence-corrected chi connectivity index (χ3v) is 7.98. The summed E-state index contributed by atoms with van der Waals surface area (Å²) in [5.74, 6) is 0.707. The molecule has 1 saturated heterocycles. The predicted molar refractivity (Wildman–Crippen MR) is 89.0 cm³/mol. The topological polar surface area (TPSA) is 20.3 Å². The molecular weight excluding hydrogens is 265 g/mol. The van der Waals surface area contributed by atoms with Crippen LogP contribution in [0.3, 0.4) is 0 Å². The minimum atomic E-state index is -2.22. The van der Waals surface area contributed by atoms with Crippen molar-refractivity contribution in [2.24, 2.45) is 11.3 Å². The summed E-state index contributed by atoms with van der Waals surface area (Å²) in [6.45, 7) is 9.87. The normalized spacial score (nSPS) is 27.3. The Morgan fingerprint density at radius 2 is 1.70 bits per heavy atom. The molecule has 1 fully saturated rings. The van der Waals surface area contributed by atoms with E-state index in [9.17, 15) is 4.57 Å². The molecule has 20 heavy (non-hydrogen) atoms. The van der Waals surface area contributed by atoms with Gasteiger partial charge < -0.3 is 9.24 Å². The van der Waals surface area contributed by atoms with Gasteiger partial charge in [0.05, 0.1) is 0 Å². The van der Waals surface area contributed by atoms with Crippen LogP contribution < -0.4 is 4.67 Å². The quantitative estimate of drug-likeness (QED) is 0.710. The highest BCUT2D eigenvalue weighted by Gasteiger charge is 2.38. The Labute approximate surface area is 124 Å². The Morgan fingerprint density at radius 1 is 1.15 bits per heavy atom. The van der Waals surface area contributed by atoms with Gasteiger partial charge in [-0.3, -0.25) is 0 Å². The van der Waals surface area contributed by atoms with Crippen LogP contribution >= 0.6 is 7.29 Å². The van der Waals surface area contributed by atoms with E-state index >= 15 is 0 Å². The smallest absolute Gasteiger partial charge is 0.172 e. The van der Waals surface area contributed by atoms with Gasteiger partial charge in [0.1, 0.15) is 0 Å². The first-order chi connectivity index (χ1) is 9.37. The highest BCUT2D eigenvalue weighted by Crippen LogP contribution is 2.58. The summed E-state index contributed by atoms with van der Waals surface area (Å²) in [4.78, 5) is 0. The predicted octanol–water partition coefficient (Wildman–Crippen LogP) is 5.25. The van der Waals surface area contributed by atoms with Crippen LogP contribution in [0.25, 0.3) is 0 Å². The number of rotatable bonds is 3. The SMILES string of the molecule is CCN(c1ccccc1)P1(=O)CCC(C(C)(C)C)CC1. The van der Waals surface area contributed by atoms with Gasteiger partial charge in [0, 0.05) is 24.6 Å². The molecule has 0 saturated carbocycles. The fourth-order valence-corrected chi connectivity index (χ4v) is 6.54. The first kappa shape index (κ1) is 15.6. The molecule has 0 N–H and O–H groups in total. The monoisotopic (exact) mass is 293 g/mol. The lowest BCUT2D eigenvalue weighted by Crippen LogP contribution is -2.32. The zero-order valence-electron chi connectivity index (χ0n) is 13.3. The minimum Gasteiger partial charge on any atom is -0.323 e. The van der Waals surface area contributed by atoms with Crippen molar-refractivity contribution in [2.75, 3.05) is 23.5 Å². The maximum Gasteiger partial charge on any atom is 0.172 e. The van der Waals surface area contributed by atoms with Crippen LogP contribution in [0.15, 0.2) is 30.3 Å². The molecule has 0 amide bonds. The van der Waals surface area contributed by atoms with E-state index in [1.54, 1.807) is 0 Å². The van der Waals surface area contributed by atoms with Crippen molar-refractivity contribution < 1.29 is 4.57 Å². The van der Waals surface area contributed by atoms with Crippen LogP contribution in [0.4, 0.5) is 5.69 Å². The Kier molecular flexibility index (Phi) is 4.64. The van der Waals surface area contributed by atoms with Crippen molar-refractivity contribution in [3.05, 3.63) is 30.3 Å². The standard InChI is InChI=1S/C17H28NOP/c1-5-18(16-9-7-6-8-10-16)20(19)13-11-15(12-14-20)17(2,3)4/h6-10,15H,5,11-14H2,1-4H3. The number of para-hydroxylation sites is 1. The van der Waals surface area contributed by atoms with Gasteiger partial charge in [-0.15, -0.1) is 0 Å². The van der Waals surface area contributed by atoms with Crippen molar-refractivity contribution in [1.82, 2.24) is 0 Å². The highest BCUT2D eigenvalue weighted by molar-refractivity contribution is 7.65. The summed E-state index contributed by atoms with van der Waals surface area (Å²) in [5, 5.41) is 0. The van der Waals surface area contributed by atoms with Crippen molar-refractivity contribution >= 4 is 13.0 Å². The number of benzene rings is 1. The summed E-state index contributed by atoms with van der Waals surface area (Å²) in [5.41, 5.74) is 1.46. The zero-order chi connectivity index (χ0) is 14.8. The fourth-order valence-electron chi connectivity index (χ4n) is 3.33. The Morgan fingerprint density at radius 3 is 2.15 bits per heavy atom. The Hall–Kier alpha value is -0.750. The highest BCUT2D eigenvalue weighted by atomic mass is 31.2. The van der Waals surface area contributed by atoms with Crippen LogP contribution in [-0.2, 0) is 4.57 Å². The van der Waals surface area contributed by atoms with Crippen LogP contribution in [-0.4, -0.2) is 18.9 Å². The van der Waals surface area contributed by atoms with E-state index in [0.29, 0.717) is 11.3 Å². The Bertz CT molecular complexity index is 466. The average Bonchev–Trinajstić information content (AvgIpc) is 2.40. The molecule has 0 radical (unpaired) electrons. The molecule has 1 aliphatic rings. The molecule has 1 aromatic rings. The molecule has 0 aliphatic carbocycles. The number of hydrogen-bond acceptors (Lipinski definition) is 1. The van der Waals surface area contributed by atoms with Gasteiger partial charge in [0.25, 0.3) is 0 Å². The van der Waals surface area contributed by atoms with E-state index in [-0.39, 0.29) is 0 Å². The van der Waals surface area contributed by atoms with E-state index in [2.05, 4.69) is 44.5 Å². The molecule has 0 atom stereocenters. The summed E-state index contributed by atoms with van der Waals surface area (Å²) in [6.07, 6.45) is 3.95. The first-order valence-corrected chi connectivity index (χ1v) is 9.81. The van der Waals surface area contributed by atoms with Gasteiger partial charge in [-0.25, -0.2) is 0 Å². The van der Waals surface area contributed by atoms with Crippen molar-refractivity contribution in [2.45, 2.75) is 40.5 Å². The Balaban J connectivity index is 2.14. The second-order valence-electron chi connectivity index (χ2n) is 6.99. The van der Waals surface area contributed by atoms with Crippen LogP contribution in [0.1, 0.15) is 40.5 Å². The number of anilines is 1. The summed E-state index contributed by atoms with van der Waals surface area (Å²) < 4.78 is 15.5. The third-order valence-electron chi connectivity index (χ3n) is 4.67. The number of hydrogen-bond donors (Lipinski definition) is 0. The number of nitrogens with zero attached hydrogens (tertiary/aromatic N) is 1. The largest absolute Gasteiger partial charge is 0.323 e. The maximum absolute atomic E-state index is 13.4. The summed E-state index contributed by atoms with van der Waals surface area (Å²) in [6, 6.07) is 10.2. The molecule has 1 aliphatic heterocycles. The van der Waals surface area contributed by atoms with E-state index < -0.39 is 7.29 Å². The van der Waals surface area contributed by atoms with E-state index in [1.807, 2.05) is 18.2 Å². The minimum absolute atomic E-state index is 0.342. The molecule has 1 heterocycles.